The van der Waals surface area contributed by atoms with Crippen molar-refractivity contribution in [2.75, 3.05) is 0 Å². The van der Waals surface area contributed by atoms with Gasteiger partial charge in [-0.1, -0.05) is 62.2 Å². The van der Waals surface area contributed by atoms with Crippen molar-refractivity contribution in [2.45, 2.75) is 6.61 Å². The van der Waals surface area contributed by atoms with Crippen LogP contribution in [0.1, 0.15) is 21.5 Å². The maximum Gasteiger partial charge on any atom is 0.271 e. The van der Waals surface area contributed by atoms with Crippen LogP contribution in [-0.2, 0) is 6.61 Å². The van der Waals surface area contributed by atoms with Crippen LogP contribution in [0.4, 0.5) is 0 Å². The normalized spacial score (nSPS) is 10.7. The number of amides is 1. The molecule has 4 nitrogen and oxygen atoms in total. The van der Waals surface area contributed by atoms with E-state index in [1.807, 2.05) is 54.6 Å². The van der Waals surface area contributed by atoms with E-state index >= 15 is 0 Å². The quantitative estimate of drug-likeness (QED) is 0.365. The summed E-state index contributed by atoms with van der Waals surface area (Å²) in [5, 5.41) is 4.05. The van der Waals surface area contributed by atoms with Crippen molar-refractivity contribution in [2.24, 2.45) is 5.10 Å². The number of ether oxygens (including phenoxy) is 1. The first-order chi connectivity index (χ1) is 13.1. The molecule has 0 radical (unpaired) electrons. The molecule has 1 amide bonds. The number of para-hydroxylation sites is 1. The molecule has 136 valence electrons. The van der Waals surface area contributed by atoms with Crippen molar-refractivity contribution in [1.29, 1.82) is 0 Å². The lowest BCUT2D eigenvalue weighted by Crippen LogP contribution is -2.17. The molecule has 0 saturated carbocycles. The predicted molar refractivity (Wildman–Crippen MR) is 114 cm³/mol. The Bertz CT molecular complexity index is 974. The third-order valence-corrected chi connectivity index (χ3v) is 4.65. The van der Waals surface area contributed by atoms with Gasteiger partial charge in [-0.15, -0.1) is 0 Å². The van der Waals surface area contributed by atoms with Crippen molar-refractivity contribution in [3.8, 4) is 5.75 Å². The van der Waals surface area contributed by atoms with Crippen molar-refractivity contribution in [1.82, 2.24) is 5.43 Å². The van der Waals surface area contributed by atoms with Gasteiger partial charge in [0.2, 0.25) is 0 Å². The third-order valence-electron chi connectivity index (χ3n) is 3.66. The molecule has 0 aliphatic rings. The van der Waals surface area contributed by atoms with Crippen LogP contribution in [0.15, 0.2) is 86.8 Å². The maximum atomic E-state index is 12.1. The van der Waals surface area contributed by atoms with Crippen molar-refractivity contribution < 1.29 is 9.53 Å². The molecular formula is C21H16Br2N2O2. The minimum atomic E-state index is -0.278. The zero-order valence-electron chi connectivity index (χ0n) is 14.2. The van der Waals surface area contributed by atoms with Crippen LogP contribution in [-0.4, -0.2) is 12.1 Å². The summed E-state index contributed by atoms with van der Waals surface area (Å²) in [6.07, 6.45) is 1.58. The van der Waals surface area contributed by atoms with Crippen LogP contribution < -0.4 is 10.2 Å². The lowest BCUT2D eigenvalue weighted by atomic mass is 10.2. The van der Waals surface area contributed by atoms with Crippen LogP contribution in [0.3, 0.4) is 0 Å². The van der Waals surface area contributed by atoms with Gasteiger partial charge in [0, 0.05) is 20.1 Å². The Balaban J connectivity index is 1.65. The van der Waals surface area contributed by atoms with Gasteiger partial charge in [-0.2, -0.15) is 5.10 Å². The zero-order valence-corrected chi connectivity index (χ0v) is 17.4. The van der Waals surface area contributed by atoms with Gasteiger partial charge in [-0.3, -0.25) is 4.79 Å². The molecule has 0 heterocycles. The molecule has 0 atom stereocenters. The van der Waals surface area contributed by atoms with Crippen LogP contribution in [0.5, 0.6) is 5.75 Å². The molecular weight excluding hydrogens is 472 g/mol. The molecule has 3 aromatic carbocycles. The summed E-state index contributed by atoms with van der Waals surface area (Å²) in [7, 11) is 0. The van der Waals surface area contributed by atoms with Gasteiger partial charge >= 0.3 is 0 Å². The van der Waals surface area contributed by atoms with Crippen LogP contribution >= 0.6 is 31.9 Å². The number of carbonyl (C=O) groups excluding carboxylic acids is 1. The number of benzene rings is 3. The zero-order chi connectivity index (χ0) is 19.1. The molecule has 0 spiro atoms. The molecule has 0 unspecified atom stereocenters. The van der Waals surface area contributed by atoms with Crippen LogP contribution in [0.2, 0.25) is 0 Å². The van der Waals surface area contributed by atoms with Crippen LogP contribution in [0.25, 0.3) is 0 Å². The minimum Gasteiger partial charge on any atom is -0.488 e. The van der Waals surface area contributed by atoms with Crippen LogP contribution in [0, 0.1) is 0 Å². The lowest BCUT2D eigenvalue weighted by Gasteiger charge is -2.09. The standard InChI is InChI=1S/C21H16Br2N2O2/c22-18-8-3-5-15(11-18)14-27-20-10-2-1-6-17(20)13-24-25-21(26)16-7-4-9-19(23)12-16/h1-13H,14H2,(H,25,26)/b24-13+. The predicted octanol–water partition coefficient (Wildman–Crippen LogP) is 5.55. The Labute approximate surface area is 174 Å². The van der Waals surface area contributed by atoms with Gasteiger partial charge in [0.1, 0.15) is 12.4 Å². The Morgan fingerprint density at radius 3 is 2.48 bits per heavy atom. The van der Waals surface area contributed by atoms with Gasteiger partial charge in [0.05, 0.1) is 6.21 Å². The summed E-state index contributed by atoms with van der Waals surface area (Å²) >= 11 is 6.80. The van der Waals surface area contributed by atoms with E-state index in [1.165, 1.54) is 0 Å². The molecule has 0 aliphatic carbocycles. The van der Waals surface area contributed by atoms with Gasteiger partial charge < -0.3 is 4.74 Å². The van der Waals surface area contributed by atoms with Gasteiger partial charge in [0.15, 0.2) is 0 Å². The summed E-state index contributed by atoms with van der Waals surface area (Å²) in [6, 6.07) is 22.6. The highest BCUT2D eigenvalue weighted by molar-refractivity contribution is 9.10. The molecule has 0 aromatic heterocycles. The average Bonchev–Trinajstić information content (AvgIpc) is 2.67. The highest BCUT2D eigenvalue weighted by Crippen LogP contribution is 2.19. The van der Waals surface area contributed by atoms with E-state index in [0.29, 0.717) is 17.9 Å². The number of hydrogen-bond donors (Lipinski definition) is 1. The highest BCUT2D eigenvalue weighted by Gasteiger charge is 2.05. The number of nitrogens with zero attached hydrogens (tertiary/aromatic N) is 1. The Morgan fingerprint density at radius 2 is 1.70 bits per heavy atom. The van der Waals surface area contributed by atoms with E-state index < -0.39 is 0 Å². The average molecular weight is 488 g/mol. The molecule has 6 heteroatoms. The lowest BCUT2D eigenvalue weighted by molar-refractivity contribution is 0.0955. The summed E-state index contributed by atoms with van der Waals surface area (Å²) in [5.41, 5.74) is 4.89. The topological polar surface area (TPSA) is 50.7 Å². The fraction of sp³-hybridized carbons (Fsp3) is 0.0476. The molecule has 0 saturated heterocycles. The van der Waals surface area contributed by atoms with E-state index in [9.17, 15) is 4.79 Å². The Hall–Kier alpha value is -2.44. The second-order valence-electron chi connectivity index (χ2n) is 5.67. The number of nitrogens with one attached hydrogen (secondary N) is 1. The first kappa shape index (κ1) is 19.3. The first-order valence-electron chi connectivity index (χ1n) is 8.17. The monoisotopic (exact) mass is 486 g/mol. The van der Waals surface area contributed by atoms with Gasteiger partial charge in [-0.05, 0) is 48.0 Å². The van der Waals surface area contributed by atoms with E-state index in [2.05, 4.69) is 42.4 Å². The van der Waals surface area contributed by atoms with E-state index in [4.69, 9.17) is 4.74 Å². The first-order valence-corrected chi connectivity index (χ1v) is 9.76. The number of hydrogen-bond acceptors (Lipinski definition) is 3. The van der Waals surface area contributed by atoms with E-state index in [1.54, 1.807) is 24.4 Å². The second-order valence-corrected chi connectivity index (χ2v) is 7.50. The Morgan fingerprint density at radius 1 is 0.963 bits per heavy atom. The number of carbonyl (C=O) groups is 1. The number of rotatable bonds is 6. The van der Waals surface area contributed by atoms with Gasteiger partial charge in [-0.25, -0.2) is 5.43 Å². The maximum absolute atomic E-state index is 12.1. The van der Waals surface area contributed by atoms with Crippen molar-refractivity contribution in [3.05, 3.63) is 98.4 Å². The number of hydrazone groups is 1. The van der Waals surface area contributed by atoms with E-state index in [0.717, 1.165) is 20.1 Å². The molecule has 0 fully saturated rings. The summed E-state index contributed by atoms with van der Waals surface area (Å²) < 4.78 is 7.75. The molecule has 3 aromatic rings. The molecule has 0 bridgehead atoms. The summed E-state index contributed by atoms with van der Waals surface area (Å²) in [6.45, 7) is 0.439. The second kappa shape index (κ2) is 9.48. The fourth-order valence-electron chi connectivity index (χ4n) is 2.36. The highest BCUT2D eigenvalue weighted by atomic mass is 79.9. The third kappa shape index (κ3) is 5.77. The Kier molecular flexibility index (Phi) is 6.79. The largest absolute Gasteiger partial charge is 0.488 e. The molecule has 3 rings (SSSR count). The molecule has 1 N–H and O–H groups in total. The molecule has 0 aliphatic heterocycles. The molecule has 27 heavy (non-hydrogen) atoms. The smallest absolute Gasteiger partial charge is 0.271 e. The number of halogens is 2. The summed E-state index contributed by atoms with van der Waals surface area (Å²) in [4.78, 5) is 12.1. The van der Waals surface area contributed by atoms with Gasteiger partial charge in [0.25, 0.3) is 5.91 Å². The fourth-order valence-corrected chi connectivity index (χ4v) is 3.21. The van der Waals surface area contributed by atoms with Crippen molar-refractivity contribution in [3.63, 3.8) is 0 Å². The minimum absolute atomic E-state index is 0.278. The van der Waals surface area contributed by atoms with E-state index in [-0.39, 0.29) is 5.91 Å². The summed E-state index contributed by atoms with van der Waals surface area (Å²) in [5.74, 6) is 0.415. The van der Waals surface area contributed by atoms with Crippen molar-refractivity contribution >= 4 is 44.0 Å². The SMILES string of the molecule is O=C(N/N=C/c1ccccc1OCc1cccc(Br)c1)c1cccc(Br)c1.